The van der Waals surface area contributed by atoms with Gasteiger partial charge in [0.2, 0.25) is 0 Å². The number of nitrogens with one attached hydrogen (secondary N) is 3. The van der Waals surface area contributed by atoms with E-state index in [1.54, 1.807) is 6.20 Å². The molecule has 1 unspecified atom stereocenters. The van der Waals surface area contributed by atoms with Crippen molar-refractivity contribution in [3.05, 3.63) is 17.5 Å². The van der Waals surface area contributed by atoms with Gasteiger partial charge in [-0.15, -0.1) is 0 Å². The van der Waals surface area contributed by atoms with Crippen LogP contribution in [-0.4, -0.2) is 33.8 Å². The third kappa shape index (κ3) is 6.21. The van der Waals surface area contributed by atoms with Gasteiger partial charge in [-0.05, 0) is 25.7 Å². The van der Waals surface area contributed by atoms with Crippen molar-refractivity contribution < 1.29 is 14.7 Å². The molecule has 1 heterocycles. The molecule has 0 aliphatic rings. The zero-order valence-corrected chi connectivity index (χ0v) is 11.9. The largest absolute Gasteiger partial charge is 0.481 e. The van der Waals surface area contributed by atoms with Crippen molar-refractivity contribution in [2.75, 3.05) is 6.54 Å². The summed E-state index contributed by atoms with van der Waals surface area (Å²) >= 11 is 0. The van der Waals surface area contributed by atoms with Crippen LogP contribution in [-0.2, 0) is 11.3 Å². The molecule has 2 amide bonds. The Morgan fingerprint density at radius 3 is 2.75 bits per heavy atom. The van der Waals surface area contributed by atoms with E-state index in [2.05, 4.69) is 20.8 Å². The number of carbonyl (C=O) groups excluding carboxylic acids is 1. The molecule has 1 aromatic rings. The number of aromatic amines is 1. The highest BCUT2D eigenvalue weighted by Crippen LogP contribution is 2.09. The van der Waals surface area contributed by atoms with E-state index in [9.17, 15) is 9.59 Å². The van der Waals surface area contributed by atoms with Gasteiger partial charge in [-0.3, -0.25) is 9.89 Å². The summed E-state index contributed by atoms with van der Waals surface area (Å²) in [6.07, 6.45) is 3.26. The minimum atomic E-state index is -0.780. The lowest BCUT2D eigenvalue weighted by molar-refractivity contribution is -0.137. The van der Waals surface area contributed by atoms with E-state index in [-0.39, 0.29) is 18.4 Å². The summed E-state index contributed by atoms with van der Waals surface area (Å²) in [5.74, 6) is -0.499. The topological polar surface area (TPSA) is 107 Å². The smallest absolute Gasteiger partial charge is 0.315 e. The second-order valence-corrected chi connectivity index (χ2v) is 4.96. The highest BCUT2D eigenvalue weighted by Gasteiger charge is 2.07. The van der Waals surface area contributed by atoms with Crippen LogP contribution in [0.4, 0.5) is 4.79 Å². The number of carboxylic acids is 1. The first-order valence-corrected chi connectivity index (χ1v) is 6.71. The lowest BCUT2D eigenvalue weighted by atomic mass is 10.0. The summed E-state index contributed by atoms with van der Waals surface area (Å²) in [5, 5.41) is 20.8. The maximum atomic E-state index is 11.6. The van der Waals surface area contributed by atoms with Crippen LogP contribution in [0.25, 0.3) is 0 Å². The summed E-state index contributed by atoms with van der Waals surface area (Å²) in [4.78, 5) is 22.0. The van der Waals surface area contributed by atoms with Crippen molar-refractivity contribution in [1.82, 2.24) is 20.8 Å². The molecular weight excluding hydrogens is 260 g/mol. The van der Waals surface area contributed by atoms with E-state index in [0.717, 1.165) is 17.7 Å². The summed E-state index contributed by atoms with van der Waals surface area (Å²) in [7, 11) is 0. The minimum Gasteiger partial charge on any atom is -0.481 e. The minimum absolute atomic E-state index is 0.174. The van der Waals surface area contributed by atoms with Gasteiger partial charge in [0.05, 0.1) is 6.20 Å². The monoisotopic (exact) mass is 282 g/mol. The molecule has 0 radical (unpaired) electrons. The molecule has 0 fully saturated rings. The Kier molecular flexibility index (Phi) is 6.55. The molecule has 1 atom stereocenters. The van der Waals surface area contributed by atoms with E-state index in [4.69, 9.17) is 5.11 Å². The molecule has 0 aliphatic heterocycles. The van der Waals surface area contributed by atoms with E-state index in [1.165, 1.54) is 0 Å². The molecule has 7 heteroatoms. The Balaban J connectivity index is 2.11. The molecule has 0 saturated carbocycles. The lowest BCUT2D eigenvalue weighted by Gasteiger charge is -2.11. The molecular formula is C13H22N4O3. The number of aliphatic carboxylic acids is 1. The van der Waals surface area contributed by atoms with Gasteiger partial charge in [-0.1, -0.05) is 6.92 Å². The van der Waals surface area contributed by atoms with Crippen LogP contribution in [0.15, 0.2) is 6.20 Å². The fourth-order valence-electron chi connectivity index (χ4n) is 1.74. The second-order valence-electron chi connectivity index (χ2n) is 4.96. The van der Waals surface area contributed by atoms with Crippen LogP contribution in [0.1, 0.15) is 37.4 Å². The van der Waals surface area contributed by atoms with E-state index in [1.807, 2.05) is 13.8 Å². The first kappa shape index (κ1) is 16.0. The number of hydrogen-bond donors (Lipinski definition) is 4. The van der Waals surface area contributed by atoms with Crippen LogP contribution < -0.4 is 10.6 Å². The first-order valence-electron chi connectivity index (χ1n) is 6.71. The molecule has 0 spiro atoms. The van der Waals surface area contributed by atoms with E-state index >= 15 is 0 Å². The molecule has 0 aliphatic carbocycles. The number of aryl methyl sites for hydroxylation is 1. The maximum absolute atomic E-state index is 11.6. The number of carboxylic acid groups (broad SMARTS) is 1. The summed E-state index contributed by atoms with van der Waals surface area (Å²) in [6.45, 7) is 4.85. The summed E-state index contributed by atoms with van der Waals surface area (Å²) in [6, 6.07) is -0.226. The Bertz CT molecular complexity index is 445. The normalized spacial score (nSPS) is 11.9. The standard InChI is InChI=1S/C13H22N4O3/c1-9(3-4-12(18)19)5-6-14-13(20)15-7-11-8-16-17-10(11)2/h8-9H,3-7H2,1-2H3,(H,16,17)(H,18,19)(H2,14,15,20). The van der Waals surface area contributed by atoms with Crippen molar-refractivity contribution in [3.8, 4) is 0 Å². The average molecular weight is 282 g/mol. The number of carbonyl (C=O) groups is 2. The van der Waals surface area contributed by atoms with Gasteiger partial charge in [0.15, 0.2) is 0 Å². The number of nitrogens with zero attached hydrogens (tertiary/aromatic N) is 1. The number of H-pyrrole nitrogens is 1. The Morgan fingerprint density at radius 2 is 2.15 bits per heavy atom. The maximum Gasteiger partial charge on any atom is 0.315 e. The Labute approximate surface area is 118 Å². The summed E-state index contributed by atoms with van der Waals surface area (Å²) < 4.78 is 0. The number of rotatable bonds is 8. The molecule has 1 rings (SSSR count). The fourth-order valence-corrected chi connectivity index (χ4v) is 1.74. The molecule has 0 saturated heterocycles. The van der Waals surface area contributed by atoms with E-state index in [0.29, 0.717) is 19.5 Å². The van der Waals surface area contributed by atoms with Crippen molar-refractivity contribution >= 4 is 12.0 Å². The number of hydrogen-bond acceptors (Lipinski definition) is 3. The number of amides is 2. The van der Waals surface area contributed by atoms with Crippen LogP contribution in [0.3, 0.4) is 0 Å². The molecule has 1 aromatic heterocycles. The zero-order chi connectivity index (χ0) is 15.0. The third-order valence-corrected chi connectivity index (χ3v) is 3.15. The molecule has 112 valence electrons. The third-order valence-electron chi connectivity index (χ3n) is 3.15. The van der Waals surface area contributed by atoms with Crippen molar-refractivity contribution in [1.29, 1.82) is 0 Å². The Hall–Kier alpha value is -2.05. The van der Waals surface area contributed by atoms with E-state index < -0.39 is 5.97 Å². The molecule has 4 N–H and O–H groups in total. The highest BCUT2D eigenvalue weighted by molar-refractivity contribution is 5.73. The average Bonchev–Trinajstić information content (AvgIpc) is 2.79. The van der Waals surface area contributed by atoms with Crippen LogP contribution in [0, 0.1) is 12.8 Å². The molecule has 0 aromatic carbocycles. The van der Waals surface area contributed by atoms with Crippen LogP contribution in [0.5, 0.6) is 0 Å². The second kappa shape index (κ2) is 8.19. The predicted molar refractivity (Wildman–Crippen MR) is 74.2 cm³/mol. The van der Waals surface area contributed by atoms with Gasteiger partial charge >= 0.3 is 12.0 Å². The highest BCUT2D eigenvalue weighted by atomic mass is 16.4. The van der Waals surface area contributed by atoms with Gasteiger partial charge < -0.3 is 15.7 Å². The number of urea groups is 1. The van der Waals surface area contributed by atoms with Gasteiger partial charge in [-0.2, -0.15) is 5.10 Å². The van der Waals surface area contributed by atoms with Gasteiger partial charge in [0, 0.05) is 30.8 Å². The first-order chi connectivity index (χ1) is 9.49. The quantitative estimate of drug-likeness (QED) is 0.578. The Morgan fingerprint density at radius 1 is 1.40 bits per heavy atom. The zero-order valence-electron chi connectivity index (χ0n) is 11.9. The van der Waals surface area contributed by atoms with Crippen molar-refractivity contribution in [2.45, 2.75) is 39.7 Å². The van der Waals surface area contributed by atoms with Crippen molar-refractivity contribution in [2.24, 2.45) is 5.92 Å². The van der Waals surface area contributed by atoms with Crippen molar-refractivity contribution in [3.63, 3.8) is 0 Å². The van der Waals surface area contributed by atoms with Gasteiger partial charge in [0.25, 0.3) is 0 Å². The number of aromatic nitrogens is 2. The molecule has 7 nitrogen and oxygen atoms in total. The fraction of sp³-hybridized carbons (Fsp3) is 0.615. The predicted octanol–water partition coefficient (Wildman–Crippen LogP) is 1.41. The van der Waals surface area contributed by atoms with Gasteiger partial charge in [-0.25, -0.2) is 4.79 Å². The molecule has 20 heavy (non-hydrogen) atoms. The lowest BCUT2D eigenvalue weighted by Crippen LogP contribution is -2.36. The van der Waals surface area contributed by atoms with Crippen LogP contribution in [0.2, 0.25) is 0 Å². The summed E-state index contributed by atoms with van der Waals surface area (Å²) in [5.41, 5.74) is 1.89. The SMILES string of the molecule is Cc1[nH]ncc1CNC(=O)NCCC(C)CCC(=O)O. The molecule has 0 bridgehead atoms. The van der Waals surface area contributed by atoms with Gasteiger partial charge in [0.1, 0.15) is 0 Å². The van der Waals surface area contributed by atoms with Crippen LogP contribution >= 0.6 is 0 Å².